The van der Waals surface area contributed by atoms with Gasteiger partial charge >= 0.3 is 5.97 Å². The van der Waals surface area contributed by atoms with Crippen molar-refractivity contribution in [2.75, 3.05) is 0 Å². The highest BCUT2D eigenvalue weighted by molar-refractivity contribution is 5.73. The van der Waals surface area contributed by atoms with Crippen LogP contribution in [-0.2, 0) is 4.79 Å². The van der Waals surface area contributed by atoms with Gasteiger partial charge in [0.2, 0.25) is 0 Å². The zero-order valence-electron chi connectivity index (χ0n) is 7.16. The molecule has 0 radical (unpaired) electrons. The van der Waals surface area contributed by atoms with E-state index in [1.807, 2.05) is 6.07 Å². The molecule has 3 nitrogen and oxygen atoms in total. The molecule has 3 heteroatoms. The van der Waals surface area contributed by atoms with Crippen molar-refractivity contribution in [1.29, 1.82) is 5.26 Å². The number of nitriles is 1. The molecule has 0 fully saturated rings. The lowest BCUT2D eigenvalue weighted by molar-refractivity contribution is -0.141. The molecule has 0 saturated heterocycles. The van der Waals surface area contributed by atoms with E-state index in [2.05, 4.69) is 11.8 Å². The van der Waals surface area contributed by atoms with Crippen LogP contribution in [0.25, 0.3) is 0 Å². The van der Waals surface area contributed by atoms with E-state index >= 15 is 0 Å². The van der Waals surface area contributed by atoms with Crippen LogP contribution in [0.5, 0.6) is 0 Å². The molecular weight excluding hydrogens is 154 g/mol. The van der Waals surface area contributed by atoms with Crippen molar-refractivity contribution in [2.45, 2.75) is 20.3 Å². The maximum absolute atomic E-state index is 10.6. The number of carboxylic acids is 1. The van der Waals surface area contributed by atoms with E-state index in [0.717, 1.165) is 0 Å². The lowest BCUT2D eigenvalue weighted by atomic mass is 9.92. The molecule has 0 heterocycles. The van der Waals surface area contributed by atoms with Gasteiger partial charge in [-0.3, -0.25) is 4.79 Å². The Kier molecular flexibility index (Phi) is 4.57. The Morgan fingerprint density at radius 2 is 2.25 bits per heavy atom. The first kappa shape index (κ1) is 10.5. The number of nitrogens with zero attached hydrogens (tertiary/aromatic N) is 1. The first-order valence-corrected chi connectivity index (χ1v) is 3.65. The third-order valence-corrected chi connectivity index (χ3v) is 1.55. The summed E-state index contributed by atoms with van der Waals surface area (Å²) < 4.78 is 0. The molecule has 0 amide bonds. The normalized spacial score (nSPS) is 13.4. The number of carbonyl (C=O) groups is 1. The van der Waals surface area contributed by atoms with Gasteiger partial charge in [0, 0.05) is 6.42 Å². The van der Waals surface area contributed by atoms with Gasteiger partial charge in [0.25, 0.3) is 0 Å². The fourth-order valence-electron chi connectivity index (χ4n) is 0.865. The molecule has 0 aliphatic carbocycles. The van der Waals surface area contributed by atoms with Crippen LogP contribution >= 0.6 is 0 Å². The Bertz CT molecular complexity index is 254. The minimum atomic E-state index is -0.952. The monoisotopic (exact) mass is 165 g/mol. The molecule has 0 rings (SSSR count). The average Bonchev–Trinajstić information content (AvgIpc) is 1.99. The van der Waals surface area contributed by atoms with E-state index in [-0.39, 0.29) is 12.3 Å². The summed E-state index contributed by atoms with van der Waals surface area (Å²) in [5, 5.41) is 17.0. The van der Waals surface area contributed by atoms with E-state index < -0.39 is 11.9 Å². The molecule has 0 spiro atoms. The summed E-state index contributed by atoms with van der Waals surface area (Å²) in [5.74, 6) is 3.24. The van der Waals surface area contributed by atoms with Crippen LogP contribution in [0, 0.1) is 35.0 Å². The topological polar surface area (TPSA) is 61.1 Å². The minimum Gasteiger partial charge on any atom is -0.480 e. The van der Waals surface area contributed by atoms with Crippen LogP contribution in [0.3, 0.4) is 0 Å². The second kappa shape index (κ2) is 5.21. The average molecular weight is 165 g/mol. The zero-order chi connectivity index (χ0) is 9.56. The summed E-state index contributed by atoms with van der Waals surface area (Å²) in [6, 6.07) is 1.93. The largest absolute Gasteiger partial charge is 0.480 e. The quantitative estimate of drug-likeness (QED) is 0.640. The van der Waals surface area contributed by atoms with Crippen LogP contribution in [0.15, 0.2) is 0 Å². The van der Waals surface area contributed by atoms with E-state index in [9.17, 15) is 4.79 Å². The van der Waals surface area contributed by atoms with Gasteiger partial charge in [-0.1, -0.05) is 12.8 Å². The Hall–Kier alpha value is -1.48. The van der Waals surface area contributed by atoms with Gasteiger partial charge < -0.3 is 5.11 Å². The van der Waals surface area contributed by atoms with Crippen LogP contribution in [0.1, 0.15) is 20.3 Å². The number of rotatable bonds is 3. The molecule has 0 bridgehead atoms. The zero-order valence-corrected chi connectivity index (χ0v) is 7.16. The van der Waals surface area contributed by atoms with E-state index in [1.165, 1.54) is 0 Å². The summed E-state index contributed by atoms with van der Waals surface area (Å²) in [6.07, 6.45) is 0.228. The second-order valence-corrected chi connectivity index (χ2v) is 2.55. The predicted molar refractivity (Wildman–Crippen MR) is 44.0 cm³/mol. The van der Waals surface area contributed by atoms with E-state index in [4.69, 9.17) is 10.4 Å². The molecule has 1 N–H and O–H groups in total. The van der Waals surface area contributed by atoms with Crippen LogP contribution in [0.2, 0.25) is 0 Å². The fourth-order valence-corrected chi connectivity index (χ4v) is 0.865. The lowest BCUT2D eigenvalue weighted by Gasteiger charge is -2.10. The maximum Gasteiger partial charge on any atom is 0.318 e. The number of aliphatic carboxylic acids is 1. The Morgan fingerprint density at radius 3 is 2.58 bits per heavy atom. The molecule has 2 atom stereocenters. The molecule has 2 unspecified atom stereocenters. The van der Waals surface area contributed by atoms with Crippen molar-refractivity contribution in [1.82, 2.24) is 0 Å². The van der Waals surface area contributed by atoms with Crippen molar-refractivity contribution in [3.63, 3.8) is 0 Å². The van der Waals surface area contributed by atoms with Gasteiger partial charge in [-0.2, -0.15) is 5.26 Å². The SMILES string of the molecule is CC#CC(C(=O)O)C(C)CC#N. The molecule has 0 aromatic carbocycles. The first-order chi connectivity index (χ1) is 5.63. The molecule has 12 heavy (non-hydrogen) atoms. The van der Waals surface area contributed by atoms with Crippen LogP contribution in [0.4, 0.5) is 0 Å². The molecule has 64 valence electrons. The van der Waals surface area contributed by atoms with Gasteiger partial charge in [-0.15, -0.1) is 5.92 Å². The van der Waals surface area contributed by atoms with Crippen LogP contribution < -0.4 is 0 Å². The minimum absolute atomic E-state index is 0.208. The summed E-state index contributed by atoms with van der Waals surface area (Å²) >= 11 is 0. The Balaban J connectivity index is 4.38. The third-order valence-electron chi connectivity index (χ3n) is 1.55. The van der Waals surface area contributed by atoms with Gasteiger partial charge in [-0.25, -0.2) is 0 Å². The highest BCUT2D eigenvalue weighted by atomic mass is 16.4. The highest BCUT2D eigenvalue weighted by Crippen LogP contribution is 2.14. The van der Waals surface area contributed by atoms with Crippen molar-refractivity contribution in [3.8, 4) is 17.9 Å². The first-order valence-electron chi connectivity index (χ1n) is 3.65. The molecule has 0 aromatic heterocycles. The highest BCUT2D eigenvalue weighted by Gasteiger charge is 2.21. The summed E-state index contributed by atoms with van der Waals surface area (Å²) in [5.41, 5.74) is 0. The number of carboxylic acid groups (broad SMARTS) is 1. The van der Waals surface area contributed by atoms with Gasteiger partial charge in [0.15, 0.2) is 0 Å². The van der Waals surface area contributed by atoms with E-state index in [0.29, 0.717) is 0 Å². The number of hydrogen-bond acceptors (Lipinski definition) is 2. The molecule has 0 aliphatic rings. The van der Waals surface area contributed by atoms with Crippen molar-refractivity contribution in [3.05, 3.63) is 0 Å². The standard InChI is InChI=1S/C9H11NO2/c1-3-4-8(9(11)12)7(2)5-6-10/h7-8H,5H2,1-2H3,(H,11,12). The summed E-state index contributed by atoms with van der Waals surface area (Å²) in [4.78, 5) is 10.6. The Morgan fingerprint density at radius 1 is 1.67 bits per heavy atom. The molecule has 0 aliphatic heterocycles. The Labute approximate surface area is 72.0 Å². The van der Waals surface area contributed by atoms with Crippen molar-refractivity contribution < 1.29 is 9.90 Å². The lowest BCUT2D eigenvalue weighted by Crippen LogP contribution is -2.19. The summed E-state index contributed by atoms with van der Waals surface area (Å²) in [7, 11) is 0. The molecular formula is C9H11NO2. The van der Waals surface area contributed by atoms with Gasteiger partial charge in [0.1, 0.15) is 5.92 Å². The van der Waals surface area contributed by atoms with E-state index in [1.54, 1.807) is 13.8 Å². The van der Waals surface area contributed by atoms with Crippen LogP contribution in [-0.4, -0.2) is 11.1 Å². The maximum atomic E-state index is 10.6. The molecule has 0 aromatic rings. The second-order valence-electron chi connectivity index (χ2n) is 2.55. The number of hydrogen-bond donors (Lipinski definition) is 1. The van der Waals surface area contributed by atoms with Crippen molar-refractivity contribution in [2.24, 2.45) is 11.8 Å². The molecule has 0 saturated carbocycles. The van der Waals surface area contributed by atoms with Crippen molar-refractivity contribution >= 4 is 5.97 Å². The van der Waals surface area contributed by atoms with Gasteiger partial charge in [-0.05, 0) is 12.8 Å². The fraction of sp³-hybridized carbons (Fsp3) is 0.556. The third kappa shape index (κ3) is 3.07. The summed E-state index contributed by atoms with van der Waals surface area (Å²) in [6.45, 7) is 3.31. The smallest absolute Gasteiger partial charge is 0.318 e. The van der Waals surface area contributed by atoms with Gasteiger partial charge in [0.05, 0.1) is 6.07 Å². The predicted octanol–water partition coefficient (Wildman–Crippen LogP) is 1.26.